The predicted molar refractivity (Wildman–Crippen MR) is 177 cm³/mol. The van der Waals surface area contributed by atoms with Gasteiger partial charge in [-0.15, -0.1) is 0 Å². The third-order valence-corrected chi connectivity index (χ3v) is 8.09. The molecule has 0 aliphatic rings. The second kappa shape index (κ2) is 10.1. The maximum absolute atomic E-state index is 6.24. The van der Waals surface area contributed by atoms with Gasteiger partial charge in [-0.25, -0.2) is 0 Å². The van der Waals surface area contributed by atoms with E-state index < -0.39 is 0 Å². The molecule has 1 N–H and O–H groups in total. The smallest absolute Gasteiger partial charge is 0.143 e. The van der Waals surface area contributed by atoms with Crippen LogP contribution in [-0.4, -0.2) is 0 Å². The minimum atomic E-state index is 0.919. The van der Waals surface area contributed by atoms with E-state index >= 15 is 0 Å². The summed E-state index contributed by atoms with van der Waals surface area (Å²) in [4.78, 5) is 0. The monoisotopic (exact) mass is 537 g/mol. The van der Waals surface area contributed by atoms with Crippen molar-refractivity contribution in [2.24, 2.45) is 0 Å². The van der Waals surface area contributed by atoms with E-state index in [1.807, 2.05) is 12.1 Å². The largest absolute Gasteiger partial charge is 0.455 e. The summed E-state index contributed by atoms with van der Waals surface area (Å²) >= 11 is 0. The zero-order valence-corrected chi connectivity index (χ0v) is 22.9. The fourth-order valence-electron chi connectivity index (χ4n) is 5.94. The van der Waals surface area contributed by atoms with E-state index in [1.165, 1.54) is 33.0 Å². The van der Waals surface area contributed by atoms with Gasteiger partial charge < -0.3 is 9.73 Å². The first-order valence-corrected chi connectivity index (χ1v) is 14.3. The zero-order valence-electron chi connectivity index (χ0n) is 22.9. The highest BCUT2D eigenvalue weighted by Crippen LogP contribution is 2.36. The number of anilines is 2. The first-order chi connectivity index (χ1) is 20.8. The van der Waals surface area contributed by atoms with E-state index in [0.29, 0.717) is 0 Å². The molecule has 8 aromatic rings. The normalized spacial score (nSPS) is 11.3. The molecule has 0 aliphatic heterocycles. The summed E-state index contributed by atoms with van der Waals surface area (Å²) in [6.45, 7) is 0. The van der Waals surface area contributed by atoms with Crippen molar-refractivity contribution in [2.45, 2.75) is 0 Å². The molecule has 1 heterocycles. The fourth-order valence-corrected chi connectivity index (χ4v) is 5.94. The second-order valence-corrected chi connectivity index (χ2v) is 10.7. The molecule has 7 aromatic carbocycles. The minimum absolute atomic E-state index is 0.919. The zero-order chi connectivity index (χ0) is 27.9. The van der Waals surface area contributed by atoms with E-state index in [0.717, 1.165) is 44.4 Å². The number of nitrogens with one attached hydrogen (secondary N) is 1. The molecule has 0 atom stereocenters. The highest BCUT2D eigenvalue weighted by Gasteiger charge is 2.12. The van der Waals surface area contributed by atoms with Gasteiger partial charge in [-0.1, -0.05) is 127 Å². The lowest BCUT2D eigenvalue weighted by molar-refractivity contribution is 0.670. The highest BCUT2D eigenvalue weighted by molar-refractivity contribution is 6.09. The third-order valence-electron chi connectivity index (χ3n) is 8.09. The first kappa shape index (κ1) is 24.2. The number of rotatable bonds is 5. The van der Waals surface area contributed by atoms with Crippen molar-refractivity contribution in [1.82, 2.24) is 0 Å². The average molecular weight is 538 g/mol. The fraction of sp³-hybridized carbons (Fsp3) is 0. The van der Waals surface area contributed by atoms with Gasteiger partial charge in [-0.05, 0) is 68.9 Å². The molecule has 0 amide bonds. The average Bonchev–Trinajstić information content (AvgIpc) is 3.44. The Labute approximate surface area is 244 Å². The van der Waals surface area contributed by atoms with Crippen molar-refractivity contribution in [1.29, 1.82) is 0 Å². The van der Waals surface area contributed by atoms with Gasteiger partial charge in [0.15, 0.2) is 0 Å². The first-order valence-electron chi connectivity index (χ1n) is 14.3. The third kappa shape index (κ3) is 4.31. The standard InChI is InChI=1S/C40H27NO/c1-2-9-34-29(7-1)8-5-11-35(34)30-17-15-27(16-18-30)28-19-23-32(24-20-28)41-33-25-21-31(22-26-33)36-12-6-13-38-37-10-3-4-14-39(37)42-40(36)38/h1-26,41H. The van der Waals surface area contributed by atoms with Crippen molar-refractivity contribution in [3.05, 3.63) is 158 Å². The van der Waals surface area contributed by atoms with E-state index in [9.17, 15) is 0 Å². The van der Waals surface area contributed by atoms with Crippen molar-refractivity contribution in [3.8, 4) is 33.4 Å². The molecular formula is C40H27NO. The SMILES string of the molecule is c1ccc2c(-c3ccc(-c4ccc(Nc5ccc(-c6cccc7c6oc6ccccc67)cc5)cc4)cc3)cccc2c1. The minimum Gasteiger partial charge on any atom is -0.455 e. The Morgan fingerprint density at radius 2 is 0.857 bits per heavy atom. The van der Waals surface area contributed by atoms with E-state index in [-0.39, 0.29) is 0 Å². The molecule has 0 saturated heterocycles. The Kier molecular flexibility index (Phi) is 5.82. The molecule has 0 aliphatic carbocycles. The second-order valence-electron chi connectivity index (χ2n) is 10.7. The van der Waals surface area contributed by atoms with Crippen molar-refractivity contribution >= 4 is 44.1 Å². The lowest BCUT2D eigenvalue weighted by atomic mass is 9.96. The lowest BCUT2D eigenvalue weighted by Crippen LogP contribution is -1.90. The highest BCUT2D eigenvalue weighted by atomic mass is 16.3. The van der Waals surface area contributed by atoms with Gasteiger partial charge >= 0.3 is 0 Å². The van der Waals surface area contributed by atoms with Crippen LogP contribution in [0, 0.1) is 0 Å². The van der Waals surface area contributed by atoms with E-state index in [4.69, 9.17) is 4.42 Å². The summed E-state index contributed by atoms with van der Waals surface area (Å²) in [7, 11) is 0. The Morgan fingerprint density at radius 3 is 1.62 bits per heavy atom. The van der Waals surface area contributed by atoms with Crippen molar-refractivity contribution in [3.63, 3.8) is 0 Å². The van der Waals surface area contributed by atoms with Crippen LogP contribution in [0.1, 0.15) is 0 Å². The molecule has 2 heteroatoms. The molecule has 0 unspecified atom stereocenters. The van der Waals surface area contributed by atoms with Crippen LogP contribution in [0.5, 0.6) is 0 Å². The molecule has 0 bridgehead atoms. The van der Waals surface area contributed by atoms with Crippen LogP contribution in [0.2, 0.25) is 0 Å². The van der Waals surface area contributed by atoms with Crippen LogP contribution in [0.15, 0.2) is 162 Å². The summed E-state index contributed by atoms with van der Waals surface area (Å²) < 4.78 is 6.24. The van der Waals surface area contributed by atoms with Crippen LogP contribution in [0.25, 0.3) is 66.1 Å². The van der Waals surface area contributed by atoms with E-state index in [2.05, 4.69) is 151 Å². The molecule has 42 heavy (non-hydrogen) atoms. The Morgan fingerprint density at radius 1 is 0.357 bits per heavy atom. The summed E-state index contributed by atoms with van der Waals surface area (Å²) in [5.74, 6) is 0. The molecule has 0 fully saturated rings. The number of hydrogen-bond donors (Lipinski definition) is 1. The number of hydrogen-bond acceptors (Lipinski definition) is 2. The molecule has 0 radical (unpaired) electrons. The van der Waals surface area contributed by atoms with Gasteiger partial charge in [0.25, 0.3) is 0 Å². The molecule has 198 valence electrons. The summed E-state index contributed by atoms with van der Waals surface area (Å²) in [6.07, 6.45) is 0. The maximum atomic E-state index is 6.24. The summed E-state index contributed by atoms with van der Waals surface area (Å²) in [5, 5.41) is 8.39. The molecule has 2 nitrogen and oxygen atoms in total. The maximum Gasteiger partial charge on any atom is 0.143 e. The number of furan rings is 1. The van der Waals surface area contributed by atoms with Crippen LogP contribution in [0.3, 0.4) is 0 Å². The van der Waals surface area contributed by atoms with Crippen molar-refractivity contribution < 1.29 is 4.42 Å². The van der Waals surface area contributed by atoms with Crippen LogP contribution >= 0.6 is 0 Å². The van der Waals surface area contributed by atoms with Crippen LogP contribution in [0.4, 0.5) is 11.4 Å². The van der Waals surface area contributed by atoms with E-state index in [1.54, 1.807) is 0 Å². The molecule has 8 rings (SSSR count). The molecule has 0 saturated carbocycles. The van der Waals surface area contributed by atoms with Gasteiger partial charge in [0.1, 0.15) is 11.2 Å². The number of para-hydroxylation sites is 2. The molecular weight excluding hydrogens is 510 g/mol. The quantitative estimate of drug-likeness (QED) is 0.236. The molecule has 0 spiro atoms. The van der Waals surface area contributed by atoms with Gasteiger partial charge in [0.2, 0.25) is 0 Å². The van der Waals surface area contributed by atoms with Gasteiger partial charge in [-0.2, -0.15) is 0 Å². The number of fused-ring (bicyclic) bond motifs is 4. The topological polar surface area (TPSA) is 25.2 Å². The predicted octanol–water partition coefficient (Wildman–Crippen LogP) is 11.5. The summed E-state index contributed by atoms with van der Waals surface area (Å²) in [6, 6.07) is 55.6. The summed E-state index contributed by atoms with van der Waals surface area (Å²) in [5.41, 5.74) is 11.1. The van der Waals surface area contributed by atoms with Crippen LogP contribution in [-0.2, 0) is 0 Å². The van der Waals surface area contributed by atoms with Gasteiger partial charge in [0.05, 0.1) is 0 Å². The molecule has 1 aromatic heterocycles. The Hall–Kier alpha value is -5.60. The Balaban J connectivity index is 1.00. The lowest BCUT2D eigenvalue weighted by Gasteiger charge is -2.10. The van der Waals surface area contributed by atoms with Crippen molar-refractivity contribution in [2.75, 3.05) is 5.32 Å². The van der Waals surface area contributed by atoms with Gasteiger partial charge in [-0.3, -0.25) is 0 Å². The Bertz CT molecular complexity index is 2180. The van der Waals surface area contributed by atoms with Crippen LogP contribution < -0.4 is 5.32 Å². The van der Waals surface area contributed by atoms with Gasteiger partial charge in [0, 0.05) is 27.7 Å². The number of benzene rings is 7.